The second kappa shape index (κ2) is 6.27. The Morgan fingerprint density at radius 3 is 2.65 bits per heavy atom. The number of carbonyl (C=O) groups excluding carboxylic acids is 1. The van der Waals surface area contributed by atoms with E-state index >= 15 is 0 Å². The smallest absolute Gasteiger partial charge is 0.269 e. The molecule has 0 saturated carbocycles. The molecule has 3 aromatic rings. The fourth-order valence-electron chi connectivity index (χ4n) is 2.07. The molecule has 116 valence electrons. The van der Waals surface area contributed by atoms with Crippen LogP contribution >= 0.6 is 0 Å². The number of hydrogen-bond acceptors (Lipinski definition) is 4. The van der Waals surface area contributed by atoms with Gasteiger partial charge in [0.1, 0.15) is 11.3 Å². The second-order valence-corrected chi connectivity index (χ2v) is 4.93. The van der Waals surface area contributed by atoms with Crippen LogP contribution in [0.1, 0.15) is 10.4 Å². The maximum atomic E-state index is 12.8. The van der Waals surface area contributed by atoms with Gasteiger partial charge in [-0.05, 0) is 36.4 Å². The first-order valence-corrected chi connectivity index (χ1v) is 6.91. The molecule has 0 radical (unpaired) electrons. The number of hydrogen-bond donors (Lipinski definition) is 2. The van der Waals surface area contributed by atoms with E-state index in [0.717, 1.165) is 11.0 Å². The second-order valence-electron chi connectivity index (χ2n) is 4.93. The van der Waals surface area contributed by atoms with Crippen molar-refractivity contribution < 1.29 is 9.18 Å². The molecule has 2 aromatic carbocycles. The molecular formula is C16H14FN5O. The lowest BCUT2D eigenvalue weighted by Crippen LogP contribution is -2.37. The third-order valence-electron chi connectivity index (χ3n) is 3.22. The Morgan fingerprint density at radius 2 is 1.87 bits per heavy atom. The summed E-state index contributed by atoms with van der Waals surface area (Å²) < 4.78 is 14.5. The molecule has 0 saturated heterocycles. The maximum absolute atomic E-state index is 12.8. The highest BCUT2D eigenvalue weighted by atomic mass is 19.1. The van der Waals surface area contributed by atoms with Crippen LogP contribution in [0.4, 0.5) is 4.39 Å². The number of hydrazine groups is 1. The zero-order valence-electron chi connectivity index (χ0n) is 12.2. The zero-order chi connectivity index (χ0) is 16.2. The molecule has 0 atom stereocenters. The van der Waals surface area contributed by atoms with E-state index in [1.54, 1.807) is 4.68 Å². The number of benzene rings is 2. The summed E-state index contributed by atoms with van der Waals surface area (Å²) in [5, 5.41) is 8.09. The van der Waals surface area contributed by atoms with Gasteiger partial charge in [0.25, 0.3) is 5.91 Å². The predicted octanol–water partition coefficient (Wildman–Crippen LogP) is 2.02. The van der Waals surface area contributed by atoms with Gasteiger partial charge in [-0.3, -0.25) is 10.2 Å². The molecule has 3 rings (SSSR count). The van der Waals surface area contributed by atoms with Crippen molar-refractivity contribution >= 4 is 16.9 Å². The van der Waals surface area contributed by atoms with Gasteiger partial charge in [-0.15, -0.1) is 5.10 Å². The van der Waals surface area contributed by atoms with Crippen LogP contribution in [0.5, 0.6) is 0 Å². The van der Waals surface area contributed by atoms with Gasteiger partial charge in [-0.2, -0.15) is 0 Å². The van der Waals surface area contributed by atoms with Crippen molar-refractivity contribution in [3.63, 3.8) is 0 Å². The van der Waals surface area contributed by atoms with Crippen LogP contribution in [-0.2, 0) is 6.54 Å². The number of aromatic nitrogens is 3. The van der Waals surface area contributed by atoms with Gasteiger partial charge in [0.2, 0.25) is 0 Å². The van der Waals surface area contributed by atoms with E-state index in [2.05, 4.69) is 27.7 Å². The topological polar surface area (TPSA) is 71.8 Å². The molecular weight excluding hydrogens is 297 g/mol. The molecule has 2 N–H and O–H groups in total. The van der Waals surface area contributed by atoms with Gasteiger partial charge in [-0.1, -0.05) is 23.9 Å². The molecule has 1 heterocycles. The summed E-state index contributed by atoms with van der Waals surface area (Å²) in [4.78, 5) is 11.9. The molecule has 23 heavy (non-hydrogen) atoms. The van der Waals surface area contributed by atoms with Gasteiger partial charge in [-0.25, -0.2) is 9.07 Å². The minimum Gasteiger partial charge on any atom is -0.301 e. The highest BCUT2D eigenvalue weighted by Crippen LogP contribution is 2.10. The summed E-state index contributed by atoms with van der Waals surface area (Å²) in [6.07, 6.45) is 0. The lowest BCUT2D eigenvalue weighted by atomic mass is 10.2. The molecule has 0 aliphatic rings. The summed E-state index contributed by atoms with van der Waals surface area (Å²) in [5.41, 5.74) is 7.77. The van der Waals surface area contributed by atoms with Gasteiger partial charge < -0.3 is 5.43 Å². The first kappa shape index (κ1) is 14.7. The van der Waals surface area contributed by atoms with Gasteiger partial charge in [0.05, 0.1) is 12.1 Å². The third-order valence-corrected chi connectivity index (χ3v) is 3.22. The minimum atomic E-state index is -0.392. The van der Waals surface area contributed by atoms with Crippen LogP contribution in [0, 0.1) is 5.82 Å². The van der Waals surface area contributed by atoms with Crippen molar-refractivity contribution in [3.05, 3.63) is 72.2 Å². The summed E-state index contributed by atoms with van der Waals surface area (Å²) >= 11 is 0. The number of carbonyl (C=O) groups is 1. The fraction of sp³-hybridized carbons (Fsp3) is 0.0625. The molecule has 0 aliphatic carbocycles. The number of fused-ring (bicyclic) bond motifs is 1. The summed E-state index contributed by atoms with van der Waals surface area (Å²) in [6, 6.07) is 12.8. The van der Waals surface area contributed by atoms with Gasteiger partial charge in [0, 0.05) is 11.3 Å². The zero-order valence-corrected chi connectivity index (χ0v) is 12.2. The number of allylic oxidation sites excluding steroid dienone is 1. The number of nitrogens with one attached hydrogen (secondary N) is 2. The number of rotatable bonds is 5. The van der Waals surface area contributed by atoms with Crippen LogP contribution in [-0.4, -0.2) is 20.9 Å². The normalized spacial score (nSPS) is 10.5. The average molecular weight is 311 g/mol. The lowest BCUT2D eigenvalue weighted by molar-refractivity contribution is 0.0938. The highest BCUT2D eigenvalue weighted by molar-refractivity contribution is 5.93. The number of halogens is 1. The van der Waals surface area contributed by atoms with Crippen molar-refractivity contribution in [1.82, 2.24) is 25.8 Å². The van der Waals surface area contributed by atoms with E-state index in [1.165, 1.54) is 24.3 Å². The van der Waals surface area contributed by atoms with Crippen molar-refractivity contribution in [2.24, 2.45) is 0 Å². The van der Waals surface area contributed by atoms with Crippen molar-refractivity contribution in [2.75, 3.05) is 0 Å². The molecule has 1 amide bonds. The third kappa shape index (κ3) is 3.34. The first-order chi connectivity index (χ1) is 11.1. The Kier molecular flexibility index (Phi) is 4.01. The minimum absolute atomic E-state index is 0.345. The molecule has 6 nitrogen and oxygen atoms in total. The Morgan fingerprint density at radius 1 is 1.13 bits per heavy atom. The molecule has 0 unspecified atom stereocenters. The quantitative estimate of drug-likeness (QED) is 0.707. The monoisotopic (exact) mass is 311 g/mol. The molecule has 0 aliphatic heterocycles. The Balaban J connectivity index is 1.59. The van der Waals surface area contributed by atoms with Crippen LogP contribution in [0.25, 0.3) is 11.0 Å². The van der Waals surface area contributed by atoms with Crippen molar-refractivity contribution in [2.45, 2.75) is 6.54 Å². The van der Waals surface area contributed by atoms with Gasteiger partial charge >= 0.3 is 0 Å². The number of para-hydroxylation sites is 1. The summed E-state index contributed by atoms with van der Waals surface area (Å²) in [5.74, 6) is -0.772. The number of nitrogens with zero attached hydrogens (tertiary/aromatic N) is 3. The highest BCUT2D eigenvalue weighted by Gasteiger charge is 2.07. The molecule has 0 bridgehead atoms. The molecule has 0 spiro atoms. The predicted molar refractivity (Wildman–Crippen MR) is 83.7 cm³/mol. The Bertz CT molecular complexity index is 856. The standard InChI is InChI=1S/C16H14FN5O/c1-11(10-22-15-5-3-2-4-14(15)19-21-22)18-20-16(23)12-6-8-13(17)9-7-12/h2-9,18H,1,10H2,(H,20,23). The molecule has 7 heteroatoms. The van der Waals surface area contributed by atoms with Gasteiger partial charge in [0.15, 0.2) is 0 Å². The van der Waals surface area contributed by atoms with E-state index in [4.69, 9.17) is 0 Å². The lowest BCUT2D eigenvalue weighted by Gasteiger charge is -2.11. The first-order valence-electron chi connectivity index (χ1n) is 6.91. The number of amides is 1. The van der Waals surface area contributed by atoms with Crippen LogP contribution in [0.2, 0.25) is 0 Å². The van der Waals surface area contributed by atoms with Crippen molar-refractivity contribution in [1.29, 1.82) is 0 Å². The van der Waals surface area contributed by atoms with E-state index in [0.29, 0.717) is 17.8 Å². The van der Waals surface area contributed by atoms with E-state index in [-0.39, 0.29) is 5.91 Å². The average Bonchev–Trinajstić information content (AvgIpc) is 2.96. The largest absolute Gasteiger partial charge is 0.301 e. The Hall–Kier alpha value is -3.22. The van der Waals surface area contributed by atoms with Crippen LogP contribution in [0.15, 0.2) is 60.8 Å². The van der Waals surface area contributed by atoms with E-state index in [9.17, 15) is 9.18 Å². The fourth-order valence-corrected chi connectivity index (χ4v) is 2.07. The summed E-state index contributed by atoms with van der Waals surface area (Å²) in [6.45, 7) is 4.19. The molecule has 1 aromatic heterocycles. The van der Waals surface area contributed by atoms with Crippen molar-refractivity contribution in [3.8, 4) is 0 Å². The van der Waals surface area contributed by atoms with Crippen LogP contribution < -0.4 is 10.9 Å². The van der Waals surface area contributed by atoms with E-state index < -0.39 is 5.82 Å². The van der Waals surface area contributed by atoms with E-state index in [1.807, 2.05) is 24.3 Å². The summed E-state index contributed by atoms with van der Waals surface area (Å²) in [7, 11) is 0. The van der Waals surface area contributed by atoms with Crippen LogP contribution in [0.3, 0.4) is 0 Å². The maximum Gasteiger partial charge on any atom is 0.269 e. The molecule has 0 fully saturated rings. The Labute approximate surface area is 131 Å². The SMILES string of the molecule is C=C(Cn1nnc2ccccc21)NNC(=O)c1ccc(F)cc1.